The van der Waals surface area contributed by atoms with Crippen LogP contribution >= 0.6 is 11.9 Å². The lowest BCUT2D eigenvalue weighted by Gasteiger charge is -2.09. The third-order valence-corrected chi connectivity index (χ3v) is 2.56. The molecule has 0 atom stereocenters. The van der Waals surface area contributed by atoms with E-state index >= 15 is 0 Å². The standard InChI is InChI=1S/C11H8F2N2OS/c12-8-1-2-9(13)10(5-8)15-11(16)7-3-4-17-14-6-7/h1-6,14H,(H,15,16). The number of anilines is 1. The molecule has 1 aromatic carbocycles. The average molecular weight is 254 g/mol. The van der Waals surface area contributed by atoms with Gasteiger partial charge >= 0.3 is 0 Å². The van der Waals surface area contributed by atoms with Crippen molar-refractivity contribution < 1.29 is 13.6 Å². The van der Waals surface area contributed by atoms with Gasteiger partial charge in [-0.2, -0.15) is 0 Å². The van der Waals surface area contributed by atoms with E-state index in [1.54, 1.807) is 11.5 Å². The van der Waals surface area contributed by atoms with Crippen molar-refractivity contribution in [3.05, 3.63) is 53.1 Å². The molecule has 0 saturated carbocycles. The normalized spacial score (nSPS) is 13.9. The number of amides is 1. The van der Waals surface area contributed by atoms with Gasteiger partial charge in [-0.05, 0) is 35.6 Å². The van der Waals surface area contributed by atoms with E-state index in [0.717, 1.165) is 18.2 Å². The highest BCUT2D eigenvalue weighted by molar-refractivity contribution is 8.00. The minimum absolute atomic E-state index is 0.178. The molecule has 88 valence electrons. The first-order valence-electron chi connectivity index (χ1n) is 4.71. The second kappa shape index (κ2) is 5.01. The molecule has 0 bridgehead atoms. The van der Waals surface area contributed by atoms with Gasteiger partial charge in [0, 0.05) is 12.3 Å². The summed E-state index contributed by atoms with van der Waals surface area (Å²) < 4.78 is 28.9. The third kappa shape index (κ3) is 2.85. The quantitative estimate of drug-likeness (QED) is 0.797. The highest BCUT2D eigenvalue weighted by Crippen LogP contribution is 2.17. The first-order valence-corrected chi connectivity index (χ1v) is 5.59. The topological polar surface area (TPSA) is 41.1 Å². The molecule has 2 rings (SSSR count). The maximum Gasteiger partial charge on any atom is 0.257 e. The number of benzene rings is 1. The highest BCUT2D eigenvalue weighted by Gasteiger charge is 2.12. The minimum Gasteiger partial charge on any atom is -0.332 e. The Morgan fingerprint density at radius 1 is 1.35 bits per heavy atom. The number of carbonyl (C=O) groups excluding carboxylic acids is 1. The van der Waals surface area contributed by atoms with Crippen LogP contribution in [0.3, 0.4) is 0 Å². The van der Waals surface area contributed by atoms with Crippen molar-refractivity contribution in [3.63, 3.8) is 0 Å². The molecule has 0 spiro atoms. The van der Waals surface area contributed by atoms with Crippen LogP contribution in [0.25, 0.3) is 0 Å². The number of hydrogen-bond donors (Lipinski definition) is 2. The van der Waals surface area contributed by atoms with Crippen LogP contribution < -0.4 is 10.0 Å². The average Bonchev–Trinajstić information content (AvgIpc) is 2.35. The summed E-state index contributed by atoms with van der Waals surface area (Å²) in [5.41, 5.74) is 0.162. The summed E-state index contributed by atoms with van der Waals surface area (Å²) in [6.07, 6.45) is 3.06. The summed E-state index contributed by atoms with van der Waals surface area (Å²) >= 11 is 1.31. The van der Waals surface area contributed by atoms with E-state index in [2.05, 4.69) is 10.0 Å². The van der Waals surface area contributed by atoms with Crippen molar-refractivity contribution in [1.29, 1.82) is 0 Å². The molecule has 1 aliphatic heterocycles. The second-order valence-corrected chi connectivity index (χ2v) is 3.96. The number of rotatable bonds is 2. The smallest absolute Gasteiger partial charge is 0.257 e. The Morgan fingerprint density at radius 3 is 2.88 bits per heavy atom. The van der Waals surface area contributed by atoms with Gasteiger partial charge in [0.25, 0.3) is 5.91 Å². The minimum atomic E-state index is -0.678. The molecule has 17 heavy (non-hydrogen) atoms. The molecular weight excluding hydrogens is 246 g/mol. The zero-order valence-electron chi connectivity index (χ0n) is 8.54. The van der Waals surface area contributed by atoms with Crippen LogP contribution in [0, 0.1) is 11.6 Å². The largest absolute Gasteiger partial charge is 0.332 e. The SMILES string of the molecule is O=C(Nc1cc(F)ccc1F)C1=CNSC=C1. The first-order chi connectivity index (χ1) is 8.16. The fourth-order valence-electron chi connectivity index (χ4n) is 1.22. The molecule has 0 fully saturated rings. The fourth-order valence-corrected chi connectivity index (χ4v) is 1.71. The summed E-state index contributed by atoms with van der Waals surface area (Å²) in [4.78, 5) is 11.7. The van der Waals surface area contributed by atoms with Crippen LogP contribution in [0.5, 0.6) is 0 Å². The molecule has 0 radical (unpaired) electrons. The van der Waals surface area contributed by atoms with Gasteiger partial charge in [0.15, 0.2) is 0 Å². The van der Waals surface area contributed by atoms with Crippen molar-refractivity contribution in [3.8, 4) is 0 Å². The Kier molecular flexibility index (Phi) is 3.43. The Hall–Kier alpha value is -1.82. The van der Waals surface area contributed by atoms with Crippen LogP contribution in [0.15, 0.2) is 41.5 Å². The van der Waals surface area contributed by atoms with Gasteiger partial charge in [0.1, 0.15) is 11.6 Å². The van der Waals surface area contributed by atoms with E-state index < -0.39 is 17.5 Å². The summed E-state index contributed by atoms with van der Waals surface area (Å²) in [7, 11) is 0. The van der Waals surface area contributed by atoms with Crippen LogP contribution in [-0.2, 0) is 4.79 Å². The molecule has 1 aromatic rings. The van der Waals surface area contributed by atoms with E-state index in [1.807, 2.05) is 0 Å². The molecule has 0 saturated heterocycles. The highest BCUT2D eigenvalue weighted by atomic mass is 32.2. The summed E-state index contributed by atoms with van der Waals surface area (Å²) in [6.45, 7) is 0. The molecule has 0 unspecified atom stereocenters. The molecule has 6 heteroatoms. The first kappa shape index (κ1) is 11.7. The van der Waals surface area contributed by atoms with E-state index in [0.29, 0.717) is 5.57 Å². The predicted octanol–water partition coefficient (Wildman–Crippen LogP) is 2.55. The summed E-state index contributed by atoms with van der Waals surface area (Å²) in [5, 5.41) is 3.98. The molecule has 1 amide bonds. The van der Waals surface area contributed by atoms with Crippen molar-refractivity contribution in [2.75, 3.05) is 5.32 Å². The summed E-state index contributed by atoms with van der Waals surface area (Å²) in [5.74, 6) is -1.79. The maximum atomic E-state index is 13.3. The van der Waals surface area contributed by atoms with Gasteiger partial charge < -0.3 is 10.0 Å². The van der Waals surface area contributed by atoms with E-state index in [1.165, 1.54) is 18.1 Å². The molecule has 2 N–H and O–H groups in total. The lowest BCUT2D eigenvalue weighted by atomic mass is 10.2. The predicted molar refractivity (Wildman–Crippen MR) is 62.9 cm³/mol. The van der Waals surface area contributed by atoms with Crippen molar-refractivity contribution in [2.45, 2.75) is 0 Å². The van der Waals surface area contributed by atoms with Gasteiger partial charge in [-0.3, -0.25) is 4.79 Å². The monoisotopic (exact) mass is 254 g/mol. The Bertz CT molecular complexity index is 514. The van der Waals surface area contributed by atoms with Gasteiger partial charge in [-0.25, -0.2) is 8.78 Å². The van der Waals surface area contributed by atoms with Gasteiger partial charge in [0.2, 0.25) is 0 Å². The lowest BCUT2D eigenvalue weighted by Crippen LogP contribution is -2.16. The van der Waals surface area contributed by atoms with Gasteiger partial charge in [-0.1, -0.05) is 0 Å². The zero-order valence-corrected chi connectivity index (χ0v) is 9.35. The maximum absolute atomic E-state index is 13.3. The number of hydrogen-bond acceptors (Lipinski definition) is 3. The van der Waals surface area contributed by atoms with E-state index in [4.69, 9.17) is 0 Å². The van der Waals surface area contributed by atoms with E-state index in [9.17, 15) is 13.6 Å². The van der Waals surface area contributed by atoms with Crippen LogP contribution in [-0.4, -0.2) is 5.91 Å². The van der Waals surface area contributed by atoms with Crippen LogP contribution in [0.4, 0.5) is 14.5 Å². The Morgan fingerprint density at radius 2 is 2.18 bits per heavy atom. The molecule has 3 nitrogen and oxygen atoms in total. The Labute approximate surface area is 101 Å². The molecule has 0 aliphatic carbocycles. The second-order valence-electron chi connectivity index (χ2n) is 3.22. The van der Waals surface area contributed by atoms with Crippen LogP contribution in [0.2, 0.25) is 0 Å². The van der Waals surface area contributed by atoms with Crippen molar-refractivity contribution in [1.82, 2.24) is 4.72 Å². The zero-order chi connectivity index (χ0) is 12.3. The summed E-state index contributed by atoms with van der Waals surface area (Å²) in [6, 6.07) is 2.88. The molecule has 1 heterocycles. The van der Waals surface area contributed by atoms with E-state index in [-0.39, 0.29) is 5.69 Å². The van der Waals surface area contributed by atoms with Gasteiger partial charge in [-0.15, -0.1) is 0 Å². The Balaban J connectivity index is 2.15. The number of carbonyl (C=O) groups is 1. The van der Waals surface area contributed by atoms with Crippen molar-refractivity contribution in [2.24, 2.45) is 0 Å². The van der Waals surface area contributed by atoms with Crippen molar-refractivity contribution >= 4 is 23.5 Å². The van der Waals surface area contributed by atoms with Gasteiger partial charge in [0.05, 0.1) is 11.3 Å². The number of nitrogens with one attached hydrogen (secondary N) is 2. The number of halogens is 2. The third-order valence-electron chi connectivity index (χ3n) is 2.04. The van der Waals surface area contributed by atoms with Crippen LogP contribution in [0.1, 0.15) is 0 Å². The lowest BCUT2D eigenvalue weighted by molar-refractivity contribution is -0.112. The fraction of sp³-hybridized carbons (Fsp3) is 0. The molecule has 0 aromatic heterocycles. The molecular formula is C11H8F2N2OS. The molecule has 1 aliphatic rings.